The molecule has 1 aliphatic rings. The third-order valence-corrected chi connectivity index (χ3v) is 3.24. The van der Waals surface area contributed by atoms with Crippen LogP contribution in [0, 0.1) is 0 Å². The van der Waals surface area contributed by atoms with Gasteiger partial charge in [0.2, 0.25) is 0 Å². The molecule has 18 heavy (non-hydrogen) atoms. The van der Waals surface area contributed by atoms with Crippen LogP contribution in [0.25, 0.3) is 0 Å². The standard InChI is InChI=1S/C14H19NO3/c1-11(17)14-3-2-12(8-13(14)10-16)9-15-4-6-18-7-5-15/h2-3,8,10-11,17H,4-7,9H2,1H3. The molecule has 0 saturated carbocycles. The Balaban J connectivity index is 2.11. The van der Waals surface area contributed by atoms with Crippen molar-refractivity contribution in [3.63, 3.8) is 0 Å². The van der Waals surface area contributed by atoms with Gasteiger partial charge >= 0.3 is 0 Å². The van der Waals surface area contributed by atoms with Gasteiger partial charge in [-0.05, 0) is 24.1 Å². The lowest BCUT2D eigenvalue weighted by Gasteiger charge is -2.26. The van der Waals surface area contributed by atoms with Crippen LogP contribution in [0.3, 0.4) is 0 Å². The van der Waals surface area contributed by atoms with Gasteiger partial charge in [0, 0.05) is 25.2 Å². The summed E-state index contributed by atoms with van der Waals surface area (Å²) in [7, 11) is 0. The van der Waals surface area contributed by atoms with Crippen LogP contribution in [-0.4, -0.2) is 42.6 Å². The Morgan fingerprint density at radius 3 is 2.78 bits per heavy atom. The molecule has 1 heterocycles. The zero-order valence-corrected chi connectivity index (χ0v) is 10.6. The van der Waals surface area contributed by atoms with Gasteiger partial charge in [-0.25, -0.2) is 0 Å². The molecule has 0 spiro atoms. The third-order valence-electron chi connectivity index (χ3n) is 3.24. The zero-order valence-electron chi connectivity index (χ0n) is 10.6. The summed E-state index contributed by atoms with van der Waals surface area (Å²) in [6, 6.07) is 5.68. The molecule has 1 aliphatic heterocycles. The van der Waals surface area contributed by atoms with Crippen LogP contribution in [0.15, 0.2) is 18.2 Å². The number of hydrogen-bond donors (Lipinski definition) is 1. The molecule has 4 heteroatoms. The average molecular weight is 249 g/mol. The minimum atomic E-state index is -0.609. The monoisotopic (exact) mass is 249 g/mol. The number of aliphatic hydroxyl groups is 1. The Morgan fingerprint density at radius 2 is 2.17 bits per heavy atom. The molecular formula is C14H19NO3. The number of carbonyl (C=O) groups excluding carboxylic acids is 1. The van der Waals surface area contributed by atoms with Crippen molar-refractivity contribution in [3.05, 3.63) is 34.9 Å². The molecule has 1 saturated heterocycles. The quantitative estimate of drug-likeness (QED) is 0.819. The van der Waals surface area contributed by atoms with Gasteiger partial charge in [0.15, 0.2) is 0 Å². The highest BCUT2D eigenvalue weighted by atomic mass is 16.5. The second-order valence-electron chi connectivity index (χ2n) is 4.65. The number of aldehydes is 1. The molecule has 0 aromatic heterocycles. The first kappa shape index (κ1) is 13.2. The van der Waals surface area contributed by atoms with Gasteiger partial charge in [-0.15, -0.1) is 0 Å². The summed E-state index contributed by atoms with van der Waals surface area (Å²) >= 11 is 0. The number of ether oxygens (including phenoxy) is 1. The Kier molecular flexibility index (Phi) is 4.47. The normalized spacial score (nSPS) is 18.6. The first-order valence-electron chi connectivity index (χ1n) is 6.27. The minimum absolute atomic E-state index is 0.579. The Bertz CT molecular complexity index is 412. The molecule has 0 aliphatic carbocycles. The van der Waals surface area contributed by atoms with Crippen LogP contribution >= 0.6 is 0 Å². The molecule has 1 fully saturated rings. The van der Waals surface area contributed by atoms with Gasteiger partial charge in [-0.2, -0.15) is 0 Å². The van der Waals surface area contributed by atoms with E-state index in [0.29, 0.717) is 11.1 Å². The predicted octanol–water partition coefficient (Wildman–Crippen LogP) is 1.38. The summed E-state index contributed by atoms with van der Waals surface area (Å²) in [5.74, 6) is 0. The van der Waals surface area contributed by atoms with E-state index >= 15 is 0 Å². The number of benzene rings is 1. The number of morpholine rings is 1. The van der Waals surface area contributed by atoms with Crippen molar-refractivity contribution >= 4 is 6.29 Å². The fraction of sp³-hybridized carbons (Fsp3) is 0.500. The molecule has 0 radical (unpaired) electrons. The molecular weight excluding hydrogens is 230 g/mol. The minimum Gasteiger partial charge on any atom is -0.389 e. The topological polar surface area (TPSA) is 49.8 Å². The van der Waals surface area contributed by atoms with E-state index in [0.717, 1.165) is 44.7 Å². The van der Waals surface area contributed by atoms with Crippen molar-refractivity contribution in [2.24, 2.45) is 0 Å². The van der Waals surface area contributed by atoms with Crippen LogP contribution in [0.5, 0.6) is 0 Å². The highest BCUT2D eigenvalue weighted by molar-refractivity contribution is 5.77. The summed E-state index contributed by atoms with van der Waals surface area (Å²) < 4.78 is 5.30. The third kappa shape index (κ3) is 3.16. The number of carbonyl (C=O) groups is 1. The van der Waals surface area contributed by atoms with E-state index in [1.54, 1.807) is 6.92 Å². The number of hydrogen-bond acceptors (Lipinski definition) is 4. The van der Waals surface area contributed by atoms with Crippen LogP contribution in [0.4, 0.5) is 0 Å². The van der Waals surface area contributed by atoms with Gasteiger partial charge in [0.05, 0.1) is 19.3 Å². The molecule has 2 rings (SSSR count). The Morgan fingerprint density at radius 1 is 1.44 bits per heavy atom. The summed E-state index contributed by atoms with van der Waals surface area (Å²) in [5, 5.41) is 9.56. The van der Waals surface area contributed by atoms with Crippen LogP contribution in [-0.2, 0) is 11.3 Å². The molecule has 1 atom stereocenters. The maximum Gasteiger partial charge on any atom is 0.150 e. The summed E-state index contributed by atoms with van der Waals surface area (Å²) in [4.78, 5) is 13.3. The SMILES string of the molecule is CC(O)c1ccc(CN2CCOCC2)cc1C=O. The number of rotatable bonds is 4. The van der Waals surface area contributed by atoms with Crippen LogP contribution in [0.2, 0.25) is 0 Å². The van der Waals surface area contributed by atoms with Crippen molar-refractivity contribution in [2.75, 3.05) is 26.3 Å². The Hall–Kier alpha value is -1.23. The second kappa shape index (κ2) is 6.09. The maximum atomic E-state index is 11.0. The highest BCUT2D eigenvalue weighted by Crippen LogP contribution is 2.19. The van der Waals surface area contributed by atoms with E-state index in [2.05, 4.69) is 4.90 Å². The van der Waals surface area contributed by atoms with Gasteiger partial charge in [0.1, 0.15) is 6.29 Å². The number of nitrogens with zero attached hydrogens (tertiary/aromatic N) is 1. The van der Waals surface area contributed by atoms with E-state index in [1.807, 2.05) is 18.2 Å². The lowest BCUT2D eigenvalue weighted by atomic mass is 10.0. The molecule has 98 valence electrons. The van der Waals surface area contributed by atoms with Crippen molar-refractivity contribution in [2.45, 2.75) is 19.6 Å². The van der Waals surface area contributed by atoms with E-state index in [1.165, 1.54) is 0 Å². The molecule has 1 unspecified atom stereocenters. The van der Waals surface area contributed by atoms with Gasteiger partial charge in [-0.3, -0.25) is 9.69 Å². The molecule has 4 nitrogen and oxygen atoms in total. The molecule has 1 N–H and O–H groups in total. The van der Waals surface area contributed by atoms with Crippen LogP contribution in [0.1, 0.15) is 34.5 Å². The first-order chi connectivity index (χ1) is 8.70. The predicted molar refractivity (Wildman–Crippen MR) is 68.6 cm³/mol. The number of aliphatic hydroxyl groups excluding tert-OH is 1. The highest BCUT2D eigenvalue weighted by Gasteiger charge is 2.13. The van der Waals surface area contributed by atoms with E-state index in [4.69, 9.17) is 4.74 Å². The molecule has 1 aromatic carbocycles. The smallest absolute Gasteiger partial charge is 0.150 e. The molecule has 1 aromatic rings. The van der Waals surface area contributed by atoms with Crippen molar-refractivity contribution in [3.8, 4) is 0 Å². The van der Waals surface area contributed by atoms with E-state index < -0.39 is 6.10 Å². The summed E-state index contributed by atoms with van der Waals surface area (Å²) in [6.07, 6.45) is 0.202. The Labute approximate surface area is 107 Å². The van der Waals surface area contributed by atoms with Gasteiger partial charge < -0.3 is 9.84 Å². The van der Waals surface area contributed by atoms with Crippen molar-refractivity contribution < 1.29 is 14.6 Å². The van der Waals surface area contributed by atoms with Crippen molar-refractivity contribution in [1.82, 2.24) is 4.90 Å². The first-order valence-corrected chi connectivity index (χ1v) is 6.27. The molecule has 0 bridgehead atoms. The lowest BCUT2D eigenvalue weighted by molar-refractivity contribution is 0.0342. The summed E-state index contributed by atoms with van der Waals surface area (Å²) in [6.45, 7) is 5.88. The van der Waals surface area contributed by atoms with E-state index in [9.17, 15) is 9.90 Å². The van der Waals surface area contributed by atoms with Crippen molar-refractivity contribution in [1.29, 1.82) is 0 Å². The van der Waals surface area contributed by atoms with Gasteiger partial charge in [0.25, 0.3) is 0 Å². The average Bonchev–Trinajstić information content (AvgIpc) is 2.39. The zero-order chi connectivity index (χ0) is 13.0. The fourth-order valence-electron chi connectivity index (χ4n) is 2.22. The van der Waals surface area contributed by atoms with Gasteiger partial charge in [-0.1, -0.05) is 12.1 Å². The lowest BCUT2D eigenvalue weighted by Crippen LogP contribution is -2.35. The fourth-order valence-corrected chi connectivity index (χ4v) is 2.22. The summed E-state index contributed by atoms with van der Waals surface area (Å²) in [5.41, 5.74) is 2.37. The molecule has 0 amide bonds. The maximum absolute atomic E-state index is 11.0. The van der Waals surface area contributed by atoms with E-state index in [-0.39, 0.29) is 0 Å². The second-order valence-corrected chi connectivity index (χ2v) is 4.65. The largest absolute Gasteiger partial charge is 0.389 e. The van der Waals surface area contributed by atoms with Crippen LogP contribution < -0.4 is 0 Å².